The Morgan fingerprint density at radius 2 is 1.69 bits per heavy atom. The lowest BCUT2D eigenvalue weighted by Crippen LogP contribution is -2.36. The van der Waals surface area contributed by atoms with Crippen LogP contribution in [0.25, 0.3) is 0 Å². The van der Waals surface area contributed by atoms with Gasteiger partial charge in [-0.1, -0.05) is 34.8 Å². The lowest BCUT2D eigenvalue weighted by atomic mass is 10.2. The van der Waals surface area contributed by atoms with Crippen LogP contribution < -0.4 is 15.0 Å². The van der Waals surface area contributed by atoms with Crippen molar-refractivity contribution in [3.63, 3.8) is 0 Å². The molecule has 1 aliphatic heterocycles. The topological polar surface area (TPSA) is 50.8 Å². The molecule has 1 N–H and O–H groups in total. The molecule has 26 heavy (non-hydrogen) atoms. The van der Waals surface area contributed by atoms with Gasteiger partial charge in [0.1, 0.15) is 0 Å². The van der Waals surface area contributed by atoms with Crippen LogP contribution in [-0.4, -0.2) is 38.8 Å². The van der Waals surface area contributed by atoms with Crippen molar-refractivity contribution >= 4 is 52.1 Å². The molecule has 0 unspecified atom stereocenters. The second kappa shape index (κ2) is 8.82. The molecule has 1 fully saturated rings. The number of nitrogens with zero attached hydrogens (tertiary/aromatic N) is 1. The molecular weight excluding hydrogens is 399 g/mol. The SMILES string of the molecule is O=C(COc1c(Cl)cc(Cl)cc1Cl)Nc1ccc(N2CCOCC2)cc1. The molecule has 2 aromatic carbocycles. The van der Waals surface area contributed by atoms with Crippen LogP contribution >= 0.6 is 34.8 Å². The molecule has 0 radical (unpaired) electrons. The Balaban J connectivity index is 1.55. The van der Waals surface area contributed by atoms with Gasteiger partial charge >= 0.3 is 0 Å². The number of halogens is 3. The molecule has 1 heterocycles. The van der Waals surface area contributed by atoms with Crippen LogP contribution in [0.1, 0.15) is 0 Å². The summed E-state index contributed by atoms with van der Waals surface area (Å²) < 4.78 is 10.8. The van der Waals surface area contributed by atoms with Gasteiger partial charge in [-0.2, -0.15) is 0 Å². The number of morpholine rings is 1. The molecule has 138 valence electrons. The Morgan fingerprint density at radius 1 is 1.08 bits per heavy atom. The monoisotopic (exact) mass is 414 g/mol. The van der Waals surface area contributed by atoms with Crippen LogP contribution in [0.2, 0.25) is 15.1 Å². The first-order valence-electron chi connectivity index (χ1n) is 8.03. The van der Waals surface area contributed by atoms with Crippen molar-refractivity contribution in [1.29, 1.82) is 0 Å². The fraction of sp³-hybridized carbons (Fsp3) is 0.278. The number of anilines is 2. The molecule has 5 nitrogen and oxygen atoms in total. The number of carbonyl (C=O) groups excluding carboxylic acids is 1. The van der Waals surface area contributed by atoms with E-state index in [9.17, 15) is 4.79 Å². The lowest BCUT2D eigenvalue weighted by Gasteiger charge is -2.28. The average Bonchev–Trinajstić information content (AvgIpc) is 2.62. The predicted molar refractivity (Wildman–Crippen MR) is 105 cm³/mol. The molecular formula is C18H17Cl3N2O3. The molecule has 0 aromatic heterocycles. The largest absolute Gasteiger partial charge is 0.481 e. The standard InChI is InChI=1S/C18H17Cl3N2O3/c19-12-9-15(20)18(16(21)10-12)26-11-17(24)22-13-1-3-14(4-2-13)23-5-7-25-8-6-23/h1-4,9-10H,5-8,11H2,(H,22,24). The van der Waals surface area contributed by atoms with Crippen LogP contribution in [0.15, 0.2) is 36.4 Å². The van der Waals surface area contributed by atoms with E-state index >= 15 is 0 Å². The van der Waals surface area contributed by atoms with Gasteiger partial charge in [0.15, 0.2) is 12.4 Å². The van der Waals surface area contributed by atoms with E-state index in [2.05, 4.69) is 10.2 Å². The van der Waals surface area contributed by atoms with Crippen LogP contribution in [0.3, 0.4) is 0 Å². The molecule has 2 aromatic rings. The predicted octanol–water partition coefficient (Wildman–Crippen LogP) is 4.50. The van der Waals surface area contributed by atoms with Gasteiger partial charge in [-0.3, -0.25) is 4.79 Å². The van der Waals surface area contributed by atoms with Crippen molar-refractivity contribution < 1.29 is 14.3 Å². The number of ether oxygens (including phenoxy) is 2. The van der Waals surface area contributed by atoms with Gasteiger partial charge in [0.2, 0.25) is 0 Å². The van der Waals surface area contributed by atoms with Gasteiger partial charge < -0.3 is 19.7 Å². The number of hydrogen-bond donors (Lipinski definition) is 1. The van der Waals surface area contributed by atoms with E-state index < -0.39 is 0 Å². The highest BCUT2D eigenvalue weighted by Gasteiger charge is 2.13. The maximum atomic E-state index is 12.1. The fourth-order valence-electron chi connectivity index (χ4n) is 2.58. The van der Waals surface area contributed by atoms with Crippen LogP contribution in [-0.2, 0) is 9.53 Å². The second-order valence-corrected chi connectivity index (χ2v) is 6.93. The van der Waals surface area contributed by atoms with Crippen LogP contribution in [0.4, 0.5) is 11.4 Å². The van der Waals surface area contributed by atoms with Gasteiger partial charge in [-0.15, -0.1) is 0 Å². The third kappa shape index (κ3) is 4.95. The van der Waals surface area contributed by atoms with Crippen molar-refractivity contribution in [2.45, 2.75) is 0 Å². The maximum Gasteiger partial charge on any atom is 0.262 e. The zero-order valence-electron chi connectivity index (χ0n) is 13.8. The third-order valence-corrected chi connectivity index (χ3v) is 4.62. The number of carbonyl (C=O) groups is 1. The van der Waals surface area contributed by atoms with E-state index in [-0.39, 0.29) is 28.3 Å². The zero-order chi connectivity index (χ0) is 18.5. The average molecular weight is 416 g/mol. The van der Waals surface area contributed by atoms with Crippen molar-refractivity contribution in [2.24, 2.45) is 0 Å². The Hall–Kier alpha value is -1.66. The quantitative estimate of drug-likeness (QED) is 0.781. The first kappa shape index (κ1) is 19.1. The van der Waals surface area contributed by atoms with Crippen LogP contribution in [0.5, 0.6) is 5.75 Å². The molecule has 0 spiro atoms. The zero-order valence-corrected chi connectivity index (χ0v) is 16.1. The number of rotatable bonds is 5. The van der Waals surface area contributed by atoms with E-state index in [4.69, 9.17) is 44.3 Å². The Labute approximate surface area is 166 Å². The molecule has 1 saturated heterocycles. The minimum atomic E-state index is -0.314. The Kier molecular flexibility index (Phi) is 6.48. The van der Waals surface area contributed by atoms with Gasteiger partial charge in [0.25, 0.3) is 5.91 Å². The van der Waals surface area contributed by atoms with Crippen molar-refractivity contribution in [2.75, 3.05) is 43.1 Å². The van der Waals surface area contributed by atoms with Gasteiger partial charge in [0.05, 0.1) is 23.3 Å². The normalized spacial score (nSPS) is 14.2. The minimum Gasteiger partial charge on any atom is -0.481 e. The van der Waals surface area contributed by atoms with Gasteiger partial charge in [-0.05, 0) is 36.4 Å². The van der Waals surface area contributed by atoms with Gasteiger partial charge in [0, 0.05) is 29.5 Å². The van der Waals surface area contributed by atoms with Crippen molar-refractivity contribution in [3.8, 4) is 5.75 Å². The number of hydrogen-bond acceptors (Lipinski definition) is 4. The molecule has 1 amide bonds. The third-order valence-electron chi connectivity index (χ3n) is 3.84. The first-order chi connectivity index (χ1) is 12.5. The van der Waals surface area contributed by atoms with E-state index in [0.29, 0.717) is 10.7 Å². The highest BCUT2D eigenvalue weighted by atomic mass is 35.5. The number of amides is 1. The minimum absolute atomic E-state index is 0.216. The second-order valence-electron chi connectivity index (χ2n) is 5.68. The molecule has 0 saturated carbocycles. The van der Waals surface area contributed by atoms with E-state index in [1.165, 1.54) is 12.1 Å². The lowest BCUT2D eigenvalue weighted by molar-refractivity contribution is -0.118. The summed E-state index contributed by atoms with van der Waals surface area (Å²) in [4.78, 5) is 14.3. The summed E-state index contributed by atoms with van der Waals surface area (Å²) in [6.07, 6.45) is 0. The van der Waals surface area contributed by atoms with E-state index in [0.717, 1.165) is 32.0 Å². The van der Waals surface area contributed by atoms with Crippen LogP contribution in [0, 0.1) is 0 Å². The number of benzene rings is 2. The summed E-state index contributed by atoms with van der Waals surface area (Å²) in [5.41, 5.74) is 1.78. The van der Waals surface area contributed by atoms with E-state index in [1.54, 1.807) is 0 Å². The van der Waals surface area contributed by atoms with Crippen molar-refractivity contribution in [1.82, 2.24) is 0 Å². The summed E-state index contributed by atoms with van der Waals surface area (Å²) >= 11 is 17.9. The summed E-state index contributed by atoms with van der Waals surface area (Å²) in [6, 6.07) is 10.7. The van der Waals surface area contributed by atoms with Crippen molar-refractivity contribution in [3.05, 3.63) is 51.5 Å². The molecule has 0 atom stereocenters. The van der Waals surface area contributed by atoms with E-state index in [1.807, 2.05) is 24.3 Å². The summed E-state index contributed by atoms with van der Waals surface area (Å²) in [6.45, 7) is 2.97. The molecule has 0 bridgehead atoms. The highest BCUT2D eigenvalue weighted by Crippen LogP contribution is 2.35. The smallest absolute Gasteiger partial charge is 0.262 e. The molecule has 1 aliphatic rings. The van der Waals surface area contributed by atoms with Gasteiger partial charge in [-0.25, -0.2) is 0 Å². The summed E-state index contributed by atoms with van der Waals surface area (Å²) in [5.74, 6) is -0.0817. The summed E-state index contributed by atoms with van der Waals surface area (Å²) in [5, 5.41) is 3.68. The first-order valence-corrected chi connectivity index (χ1v) is 9.16. The Bertz CT molecular complexity index is 755. The molecule has 3 rings (SSSR count). The fourth-order valence-corrected chi connectivity index (χ4v) is 3.50. The molecule has 0 aliphatic carbocycles. The Morgan fingerprint density at radius 3 is 2.31 bits per heavy atom. The number of nitrogens with one attached hydrogen (secondary N) is 1. The molecule has 8 heteroatoms. The maximum absolute atomic E-state index is 12.1. The summed E-state index contributed by atoms with van der Waals surface area (Å²) in [7, 11) is 0. The highest BCUT2D eigenvalue weighted by molar-refractivity contribution is 6.40.